The molecule has 3 aromatic carbocycles. The second-order valence-electron chi connectivity index (χ2n) is 7.89. The smallest absolute Gasteiger partial charge is 0.338 e. The molecule has 0 saturated heterocycles. The summed E-state index contributed by atoms with van der Waals surface area (Å²) in [6.45, 7) is -0.450. The summed E-state index contributed by atoms with van der Waals surface area (Å²) in [5, 5.41) is 9.07. The van der Waals surface area contributed by atoms with Crippen molar-refractivity contribution in [2.24, 2.45) is 0 Å². The largest absolute Gasteiger partial charge is 0.452 e. The first kappa shape index (κ1) is 24.0. The molecule has 35 heavy (non-hydrogen) atoms. The van der Waals surface area contributed by atoms with E-state index in [1.54, 1.807) is 42.5 Å². The minimum Gasteiger partial charge on any atom is -0.452 e. The highest BCUT2D eigenvalue weighted by molar-refractivity contribution is 7.92. The molecule has 1 aliphatic rings. The van der Waals surface area contributed by atoms with Crippen LogP contribution in [0.25, 0.3) is 0 Å². The van der Waals surface area contributed by atoms with E-state index in [1.807, 2.05) is 18.2 Å². The monoisotopic (exact) mass is 489 g/mol. The summed E-state index contributed by atoms with van der Waals surface area (Å²) in [6.07, 6.45) is 1.50. The molecule has 4 rings (SSSR count). The van der Waals surface area contributed by atoms with Gasteiger partial charge >= 0.3 is 5.97 Å². The third-order valence-electron chi connectivity index (χ3n) is 5.65. The minimum atomic E-state index is -3.91. The number of para-hydroxylation sites is 2. The Labute approximate surface area is 204 Å². The normalized spacial score (nSPS) is 12.8. The van der Waals surface area contributed by atoms with Gasteiger partial charge in [0.15, 0.2) is 6.61 Å². The molecule has 9 heteroatoms. The minimum absolute atomic E-state index is 0.00992. The Hall–Kier alpha value is -4.16. The number of nitrogens with zero attached hydrogens (tertiary/aromatic N) is 3. The molecule has 1 heterocycles. The first-order valence-electron chi connectivity index (χ1n) is 11.0. The van der Waals surface area contributed by atoms with Crippen LogP contribution in [0.5, 0.6) is 0 Å². The van der Waals surface area contributed by atoms with E-state index < -0.39 is 28.5 Å². The number of anilines is 2. The molecule has 0 fully saturated rings. The molecule has 1 amide bonds. The Morgan fingerprint density at radius 3 is 2.51 bits per heavy atom. The number of carbonyl (C=O) groups is 2. The molecule has 3 aromatic rings. The van der Waals surface area contributed by atoms with Crippen molar-refractivity contribution in [1.82, 2.24) is 0 Å². The van der Waals surface area contributed by atoms with Crippen molar-refractivity contribution in [2.75, 3.05) is 28.9 Å². The van der Waals surface area contributed by atoms with Crippen molar-refractivity contribution in [3.63, 3.8) is 0 Å². The number of hydrogen-bond donors (Lipinski definition) is 0. The van der Waals surface area contributed by atoms with Crippen molar-refractivity contribution in [3.8, 4) is 6.07 Å². The Bertz CT molecular complexity index is 1380. The van der Waals surface area contributed by atoms with E-state index in [-0.39, 0.29) is 17.0 Å². The van der Waals surface area contributed by atoms with Crippen molar-refractivity contribution in [2.45, 2.75) is 17.7 Å². The molecule has 0 aliphatic carbocycles. The second-order valence-corrected chi connectivity index (χ2v) is 9.75. The second kappa shape index (κ2) is 10.4. The molecule has 0 unspecified atom stereocenters. The molecule has 1 aliphatic heterocycles. The maximum absolute atomic E-state index is 13.4. The van der Waals surface area contributed by atoms with Gasteiger partial charge in [-0.3, -0.25) is 14.0 Å². The summed E-state index contributed by atoms with van der Waals surface area (Å²) in [7, 11) is -3.91. The van der Waals surface area contributed by atoms with Crippen LogP contribution in [0.4, 0.5) is 11.4 Å². The van der Waals surface area contributed by atoms with E-state index in [0.29, 0.717) is 24.3 Å². The SMILES string of the molecule is N#CCN(C(=O)COC(=O)c1cccc(S(=O)(=O)N2CCCc3ccccc32)c1)c1ccccc1. The fraction of sp³-hybridized carbons (Fsp3) is 0.192. The molecule has 0 atom stereocenters. The zero-order chi connectivity index (χ0) is 24.8. The summed E-state index contributed by atoms with van der Waals surface area (Å²) >= 11 is 0. The molecule has 0 aromatic heterocycles. The van der Waals surface area contributed by atoms with Crippen LogP contribution < -0.4 is 9.21 Å². The van der Waals surface area contributed by atoms with Gasteiger partial charge in [0, 0.05) is 12.2 Å². The van der Waals surface area contributed by atoms with Crippen LogP contribution in [-0.4, -0.2) is 40.0 Å². The van der Waals surface area contributed by atoms with Crippen LogP contribution in [0.2, 0.25) is 0 Å². The number of ether oxygens (including phenoxy) is 1. The number of hydrogen-bond acceptors (Lipinski definition) is 6. The van der Waals surface area contributed by atoms with Gasteiger partial charge in [0.2, 0.25) is 0 Å². The number of nitriles is 1. The maximum Gasteiger partial charge on any atom is 0.338 e. The molecule has 0 spiro atoms. The van der Waals surface area contributed by atoms with Gasteiger partial charge in [-0.2, -0.15) is 5.26 Å². The number of carbonyl (C=O) groups excluding carboxylic acids is 2. The number of fused-ring (bicyclic) bond motifs is 1. The summed E-state index contributed by atoms with van der Waals surface area (Å²) in [4.78, 5) is 26.4. The van der Waals surface area contributed by atoms with E-state index in [4.69, 9.17) is 10.00 Å². The predicted octanol–water partition coefficient (Wildman–Crippen LogP) is 3.54. The van der Waals surface area contributed by atoms with E-state index in [2.05, 4.69) is 0 Å². The van der Waals surface area contributed by atoms with Crippen LogP contribution >= 0.6 is 0 Å². The first-order valence-corrected chi connectivity index (χ1v) is 12.5. The van der Waals surface area contributed by atoms with Crippen molar-refractivity contribution < 1.29 is 22.7 Å². The van der Waals surface area contributed by atoms with E-state index in [0.717, 1.165) is 12.0 Å². The van der Waals surface area contributed by atoms with E-state index >= 15 is 0 Å². The first-order chi connectivity index (χ1) is 16.9. The third kappa shape index (κ3) is 5.18. The lowest BCUT2D eigenvalue weighted by Gasteiger charge is -2.30. The lowest BCUT2D eigenvalue weighted by atomic mass is 10.0. The molecule has 0 bridgehead atoms. The van der Waals surface area contributed by atoms with Crippen molar-refractivity contribution in [1.29, 1.82) is 5.26 Å². The third-order valence-corrected chi connectivity index (χ3v) is 7.46. The average molecular weight is 490 g/mol. The number of esters is 1. The summed E-state index contributed by atoms with van der Waals surface area (Å²) in [5.74, 6) is -1.40. The molecule has 178 valence electrons. The molecule has 0 N–H and O–H groups in total. The number of aryl methyl sites for hydroxylation is 1. The van der Waals surface area contributed by atoms with Crippen molar-refractivity contribution >= 4 is 33.3 Å². The molecular weight excluding hydrogens is 466 g/mol. The Morgan fingerprint density at radius 1 is 1.00 bits per heavy atom. The zero-order valence-corrected chi connectivity index (χ0v) is 19.6. The number of amides is 1. The van der Waals surface area contributed by atoms with Gasteiger partial charge in [-0.05, 0) is 54.8 Å². The lowest BCUT2D eigenvalue weighted by molar-refractivity contribution is -0.121. The number of benzene rings is 3. The topological polar surface area (TPSA) is 108 Å². The highest BCUT2D eigenvalue weighted by Gasteiger charge is 2.29. The summed E-state index contributed by atoms with van der Waals surface area (Å²) in [6, 6.07) is 23.4. The number of sulfonamides is 1. The van der Waals surface area contributed by atoms with Gasteiger partial charge in [-0.15, -0.1) is 0 Å². The highest BCUT2D eigenvalue weighted by Crippen LogP contribution is 2.32. The van der Waals surface area contributed by atoms with Gasteiger partial charge < -0.3 is 4.74 Å². The predicted molar refractivity (Wildman–Crippen MR) is 130 cm³/mol. The molecule has 8 nitrogen and oxygen atoms in total. The lowest BCUT2D eigenvalue weighted by Crippen LogP contribution is -2.35. The fourth-order valence-electron chi connectivity index (χ4n) is 3.95. The molecule has 0 saturated carbocycles. The van der Waals surface area contributed by atoms with Gasteiger partial charge in [-0.25, -0.2) is 13.2 Å². The van der Waals surface area contributed by atoms with Gasteiger partial charge in [0.25, 0.3) is 15.9 Å². The number of rotatable bonds is 7. The standard InChI is InChI=1S/C26H23N3O5S/c27-15-17-28(22-11-2-1-3-12-22)25(30)19-34-26(31)21-9-6-13-23(18-21)35(32,33)29-16-7-10-20-8-4-5-14-24(20)29/h1-6,8-9,11-14,18H,7,10,16-17,19H2. The quantitative estimate of drug-likeness (QED) is 0.371. The van der Waals surface area contributed by atoms with Crippen LogP contribution in [0, 0.1) is 11.3 Å². The summed E-state index contributed by atoms with van der Waals surface area (Å²) < 4.78 is 33.3. The van der Waals surface area contributed by atoms with Gasteiger partial charge in [0.05, 0.1) is 22.2 Å². The molecular formula is C26H23N3O5S. The fourth-order valence-corrected chi connectivity index (χ4v) is 5.54. The van der Waals surface area contributed by atoms with Crippen LogP contribution in [0.3, 0.4) is 0 Å². The zero-order valence-electron chi connectivity index (χ0n) is 18.8. The molecule has 0 radical (unpaired) electrons. The van der Waals surface area contributed by atoms with E-state index in [1.165, 1.54) is 33.5 Å². The van der Waals surface area contributed by atoms with E-state index in [9.17, 15) is 18.0 Å². The van der Waals surface area contributed by atoms with Crippen LogP contribution in [0.1, 0.15) is 22.3 Å². The Kier molecular flexibility index (Phi) is 7.13. The van der Waals surface area contributed by atoms with Crippen LogP contribution in [-0.2, 0) is 26.0 Å². The summed E-state index contributed by atoms with van der Waals surface area (Å²) in [5.41, 5.74) is 2.10. The Balaban J connectivity index is 1.50. The average Bonchev–Trinajstić information content (AvgIpc) is 2.90. The van der Waals surface area contributed by atoms with Crippen LogP contribution in [0.15, 0.2) is 83.8 Å². The maximum atomic E-state index is 13.4. The highest BCUT2D eigenvalue weighted by atomic mass is 32.2. The van der Waals surface area contributed by atoms with Crippen molar-refractivity contribution in [3.05, 3.63) is 90.0 Å². The Morgan fingerprint density at radius 2 is 1.74 bits per heavy atom. The van der Waals surface area contributed by atoms with Gasteiger partial charge in [0.1, 0.15) is 6.54 Å². The van der Waals surface area contributed by atoms with Gasteiger partial charge in [-0.1, -0.05) is 42.5 Å².